The van der Waals surface area contributed by atoms with Gasteiger partial charge in [-0.05, 0) is 57.3 Å². The fourth-order valence-electron chi connectivity index (χ4n) is 3.94. The van der Waals surface area contributed by atoms with Crippen LogP contribution in [0.3, 0.4) is 0 Å². The fourth-order valence-corrected chi connectivity index (χ4v) is 3.94. The van der Waals surface area contributed by atoms with Crippen molar-refractivity contribution in [3.8, 4) is 0 Å². The summed E-state index contributed by atoms with van der Waals surface area (Å²) in [5.74, 6) is 1.14. The van der Waals surface area contributed by atoms with E-state index < -0.39 is 0 Å². The number of nitrogens with one attached hydrogen (secondary N) is 1. The maximum Gasteiger partial charge on any atom is 0.242 e. The molecule has 1 atom stereocenters. The molecular formula is C20H27N5O. The molecule has 0 radical (unpaired) electrons. The number of rotatable bonds is 7. The minimum absolute atomic E-state index is 0.105. The number of aryl methyl sites for hydroxylation is 1. The van der Waals surface area contributed by atoms with Crippen molar-refractivity contribution in [3.05, 3.63) is 48.3 Å². The third-order valence-corrected chi connectivity index (χ3v) is 5.78. The number of imidazole rings is 1. The Labute approximate surface area is 154 Å². The zero-order valence-electron chi connectivity index (χ0n) is 15.4. The molecule has 2 aromatic heterocycles. The van der Waals surface area contributed by atoms with E-state index in [0.29, 0.717) is 0 Å². The molecule has 1 saturated heterocycles. The Balaban J connectivity index is 1.43. The van der Waals surface area contributed by atoms with Crippen LogP contribution >= 0.6 is 0 Å². The summed E-state index contributed by atoms with van der Waals surface area (Å²) in [4.78, 5) is 23.9. The van der Waals surface area contributed by atoms with Crippen LogP contribution in [0.15, 0.2) is 36.9 Å². The van der Waals surface area contributed by atoms with Gasteiger partial charge in [0.15, 0.2) is 0 Å². The number of aromatic nitrogens is 3. The number of amides is 1. The lowest BCUT2D eigenvalue weighted by atomic mass is 10.0. The number of hydrogen-bond acceptors (Lipinski definition) is 4. The van der Waals surface area contributed by atoms with Gasteiger partial charge in [-0.1, -0.05) is 6.07 Å². The van der Waals surface area contributed by atoms with Crippen LogP contribution in [0.25, 0.3) is 0 Å². The number of nitrogens with zero attached hydrogens (tertiary/aromatic N) is 4. The first-order valence-corrected chi connectivity index (χ1v) is 9.56. The summed E-state index contributed by atoms with van der Waals surface area (Å²) in [5, 5.41) is 3.25. The van der Waals surface area contributed by atoms with Gasteiger partial charge in [0, 0.05) is 43.3 Å². The van der Waals surface area contributed by atoms with Crippen LogP contribution in [0.4, 0.5) is 0 Å². The summed E-state index contributed by atoms with van der Waals surface area (Å²) in [6.45, 7) is 5.65. The Morgan fingerprint density at radius 3 is 2.73 bits per heavy atom. The Kier molecular flexibility index (Phi) is 4.76. The van der Waals surface area contributed by atoms with Crippen molar-refractivity contribution >= 4 is 5.91 Å². The van der Waals surface area contributed by atoms with Gasteiger partial charge in [-0.3, -0.25) is 14.7 Å². The van der Waals surface area contributed by atoms with E-state index in [-0.39, 0.29) is 17.4 Å². The van der Waals surface area contributed by atoms with Crippen LogP contribution in [0.2, 0.25) is 0 Å². The predicted octanol–water partition coefficient (Wildman–Crippen LogP) is 2.32. The Morgan fingerprint density at radius 2 is 2.12 bits per heavy atom. The van der Waals surface area contributed by atoms with Gasteiger partial charge >= 0.3 is 0 Å². The summed E-state index contributed by atoms with van der Waals surface area (Å²) in [6.07, 6.45) is 12.1. The topological polar surface area (TPSA) is 63.1 Å². The largest absolute Gasteiger partial charge is 0.354 e. The van der Waals surface area contributed by atoms with Crippen molar-refractivity contribution in [1.29, 1.82) is 0 Å². The van der Waals surface area contributed by atoms with Crippen molar-refractivity contribution in [2.75, 3.05) is 19.6 Å². The fraction of sp³-hybridized carbons (Fsp3) is 0.550. The van der Waals surface area contributed by atoms with E-state index in [1.807, 2.05) is 37.6 Å². The van der Waals surface area contributed by atoms with Crippen LogP contribution in [-0.4, -0.2) is 45.0 Å². The molecule has 1 N–H and O–H groups in total. The second-order valence-electron chi connectivity index (χ2n) is 7.75. The lowest BCUT2D eigenvalue weighted by Gasteiger charge is -2.27. The molecule has 1 aliphatic carbocycles. The van der Waals surface area contributed by atoms with E-state index in [0.717, 1.165) is 63.3 Å². The van der Waals surface area contributed by atoms with Crippen molar-refractivity contribution in [1.82, 2.24) is 24.8 Å². The van der Waals surface area contributed by atoms with Gasteiger partial charge in [-0.25, -0.2) is 4.98 Å². The van der Waals surface area contributed by atoms with Gasteiger partial charge in [0.2, 0.25) is 5.91 Å². The van der Waals surface area contributed by atoms with Crippen LogP contribution in [0, 0.1) is 12.3 Å². The normalized spacial score (nSPS) is 20.0. The van der Waals surface area contributed by atoms with Crippen LogP contribution in [-0.2, 0) is 11.3 Å². The van der Waals surface area contributed by atoms with E-state index in [1.54, 1.807) is 6.20 Å². The molecule has 138 valence electrons. The molecule has 0 spiro atoms. The highest BCUT2D eigenvalue weighted by molar-refractivity contribution is 5.83. The molecule has 6 nitrogen and oxygen atoms in total. The van der Waals surface area contributed by atoms with Crippen LogP contribution in [0.5, 0.6) is 0 Å². The van der Waals surface area contributed by atoms with Gasteiger partial charge < -0.3 is 9.88 Å². The smallest absolute Gasteiger partial charge is 0.242 e. The minimum atomic E-state index is -0.225. The molecule has 4 rings (SSSR count). The molecule has 1 amide bonds. The van der Waals surface area contributed by atoms with E-state index in [4.69, 9.17) is 0 Å². The number of carbonyl (C=O) groups is 1. The Bertz CT molecular complexity index is 747. The van der Waals surface area contributed by atoms with Crippen molar-refractivity contribution in [2.24, 2.45) is 5.41 Å². The second kappa shape index (κ2) is 7.19. The molecule has 0 aromatic carbocycles. The van der Waals surface area contributed by atoms with Gasteiger partial charge in [0.05, 0.1) is 0 Å². The molecule has 1 saturated carbocycles. The molecule has 2 aromatic rings. The summed E-state index contributed by atoms with van der Waals surface area (Å²) in [5.41, 5.74) is 1.17. The summed E-state index contributed by atoms with van der Waals surface area (Å²) in [6, 6.07) is 3.70. The van der Waals surface area contributed by atoms with Gasteiger partial charge in [0.25, 0.3) is 0 Å². The van der Waals surface area contributed by atoms with Crippen molar-refractivity contribution in [2.45, 2.75) is 45.2 Å². The quantitative estimate of drug-likeness (QED) is 0.830. The highest BCUT2D eigenvalue weighted by atomic mass is 16.2. The molecule has 3 heterocycles. The Hall–Kier alpha value is -2.21. The van der Waals surface area contributed by atoms with Crippen LogP contribution < -0.4 is 5.32 Å². The standard InChI is InChI=1S/C20H27N5O/c1-16-22-9-12-25(16)15-20(6-7-20)14-23-19(26)18(24-10-2-3-11-24)17-5-4-8-21-13-17/h4-5,8-9,12-13,18H,2-3,6-7,10-11,14-15H2,1H3,(H,23,26). The maximum atomic E-state index is 13.1. The zero-order chi connectivity index (χ0) is 18.0. The van der Waals surface area contributed by atoms with Gasteiger partial charge in [-0.15, -0.1) is 0 Å². The lowest BCUT2D eigenvalue weighted by Crippen LogP contribution is -2.42. The highest BCUT2D eigenvalue weighted by Gasteiger charge is 2.44. The summed E-state index contributed by atoms with van der Waals surface area (Å²) >= 11 is 0. The monoisotopic (exact) mass is 353 g/mol. The lowest BCUT2D eigenvalue weighted by molar-refractivity contribution is -0.126. The molecule has 2 fully saturated rings. The van der Waals surface area contributed by atoms with Crippen LogP contribution in [0.1, 0.15) is 43.1 Å². The van der Waals surface area contributed by atoms with E-state index in [2.05, 4.69) is 24.8 Å². The summed E-state index contributed by atoms with van der Waals surface area (Å²) in [7, 11) is 0. The third-order valence-electron chi connectivity index (χ3n) is 5.78. The molecule has 1 aliphatic heterocycles. The second-order valence-corrected chi connectivity index (χ2v) is 7.75. The van der Waals surface area contributed by atoms with E-state index in [9.17, 15) is 4.79 Å². The zero-order valence-corrected chi connectivity index (χ0v) is 15.4. The predicted molar refractivity (Wildman–Crippen MR) is 99.4 cm³/mol. The molecule has 2 aliphatic rings. The van der Waals surface area contributed by atoms with Crippen molar-refractivity contribution in [3.63, 3.8) is 0 Å². The molecule has 26 heavy (non-hydrogen) atoms. The van der Waals surface area contributed by atoms with Gasteiger partial charge in [-0.2, -0.15) is 0 Å². The average molecular weight is 353 g/mol. The van der Waals surface area contributed by atoms with Crippen molar-refractivity contribution < 1.29 is 4.79 Å². The number of carbonyl (C=O) groups excluding carboxylic acids is 1. The first-order valence-electron chi connectivity index (χ1n) is 9.56. The minimum Gasteiger partial charge on any atom is -0.354 e. The first-order chi connectivity index (χ1) is 12.7. The first kappa shape index (κ1) is 17.2. The van der Waals surface area contributed by atoms with E-state index >= 15 is 0 Å². The summed E-state index contributed by atoms with van der Waals surface area (Å²) < 4.78 is 2.19. The number of likely N-dealkylation sites (tertiary alicyclic amines) is 1. The Morgan fingerprint density at radius 1 is 1.31 bits per heavy atom. The highest BCUT2D eigenvalue weighted by Crippen LogP contribution is 2.46. The number of hydrogen-bond donors (Lipinski definition) is 1. The average Bonchev–Trinajstić information content (AvgIpc) is 3.01. The third kappa shape index (κ3) is 3.65. The SMILES string of the molecule is Cc1nccn1CC1(CNC(=O)C(c2cccnc2)N2CCCC2)CC1. The maximum absolute atomic E-state index is 13.1. The molecule has 1 unspecified atom stereocenters. The van der Waals surface area contributed by atoms with E-state index in [1.165, 1.54) is 0 Å². The number of pyridine rings is 1. The molecule has 0 bridgehead atoms. The van der Waals surface area contributed by atoms with Gasteiger partial charge in [0.1, 0.15) is 11.9 Å². The molecular weight excluding hydrogens is 326 g/mol. The molecule has 6 heteroatoms.